The molecule has 0 N–H and O–H groups in total. The summed E-state index contributed by atoms with van der Waals surface area (Å²) in [6.45, 7) is 1.94. The van der Waals surface area contributed by atoms with Gasteiger partial charge in [0.25, 0.3) is 0 Å². The smallest absolute Gasteiger partial charge is 0.230 e. The minimum atomic E-state index is 0.512. The van der Waals surface area contributed by atoms with Crippen LogP contribution >= 0.6 is 0 Å². The first-order chi connectivity index (χ1) is 11.8. The lowest BCUT2D eigenvalue weighted by atomic mass is 10.2. The fraction of sp³-hybridized carbons (Fsp3) is 0.0526. The van der Waals surface area contributed by atoms with Crippen LogP contribution in [0, 0.1) is 6.92 Å². The van der Waals surface area contributed by atoms with Crippen molar-refractivity contribution in [1.82, 2.24) is 19.9 Å². The topological polar surface area (TPSA) is 60.8 Å². The highest BCUT2D eigenvalue weighted by Gasteiger charge is 2.11. The molecule has 0 atom stereocenters. The van der Waals surface area contributed by atoms with Crippen LogP contribution in [0.15, 0.2) is 67.1 Å². The fourth-order valence-electron chi connectivity index (χ4n) is 2.38. The van der Waals surface area contributed by atoms with Gasteiger partial charge in [0.05, 0.1) is 17.1 Å². The Morgan fingerprint density at radius 1 is 0.875 bits per heavy atom. The third-order valence-electron chi connectivity index (χ3n) is 3.61. The molecule has 0 saturated heterocycles. The first-order valence-corrected chi connectivity index (χ1v) is 7.57. The Morgan fingerprint density at radius 3 is 2.50 bits per heavy atom. The molecule has 0 fully saturated rings. The summed E-state index contributed by atoms with van der Waals surface area (Å²) in [5.74, 6) is 1.76. The van der Waals surface area contributed by atoms with Gasteiger partial charge in [-0.25, -0.2) is 4.98 Å². The van der Waals surface area contributed by atoms with Crippen molar-refractivity contribution in [2.75, 3.05) is 0 Å². The van der Waals surface area contributed by atoms with E-state index >= 15 is 0 Å². The van der Waals surface area contributed by atoms with Gasteiger partial charge in [-0.2, -0.15) is 4.98 Å². The molecule has 1 aromatic carbocycles. The molecule has 4 aromatic rings. The van der Waals surface area contributed by atoms with E-state index in [1.807, 2.05) is 55.5 Å². The molecular weight excluding hydrogens is 300 g/mol. The van der Waals surface area contributed by atoms with Crippen molar-refractivity contribution in [3.63, 3.8) is 0 Å². The van der Waals surface area contributed by atoms with Crippen molar-refractivity contribution in [2.24, 2.45) is 0 Å². The molecule has 3 aromatic heterocycles. The number of hydrogen-bond donors (Lipinski definition) is 0. The molecule has 0 aliphatic carbocycles. The van der Waals surface area contributed by atoms with Gasteiger partial charge in [-0.1, -0.05) is 12.1 Å². The zero-order valence-corrected chi connectivity index (χ0v) is 13.0. The third-order valence-corrected chi connectivity index (χ3v) is 3.61. The molecule has 0 saturated carbocycles. The Balaban J connectivity index is 1.85. The summed E-state index contributed by atoms with van der Waals surface area (Å²) in [6, 6.07) is 15.3. The monoisotopic (exact) mass is 314 g/mol. The van der Waals surface area contributed by atoms with Gasteiger partial charge in [-0.05, 0) is 43.3 Å². The number of hydrogen-bond acceptors (Lipinski definition) is 5. The number of rotatable bonds is 3. The number of aryl methyl sites for hydroxylation is 1. The van der Waals surface area contributed by atoms with Gasteiger partial charge in [0.1, 0.15) is 5.75 Å². The van der Waals surface area contributed by atoms with Crippen LogP contribution in [0.5, 0.6) is 11.6 Å². The molecule has 0 bridgehead atoms. The van der Waals surface area contributed by atoms with Gasteiger partial charge >= 0.3 is 0 Å². The van der Waals surface area contributed by atoms with E-state index in [1.165, 1.54) is 0 Å². The molecular formula is C19H14N4O. The third kappa shape index (κ3) is 2.79. The van der Waals surface area contributed by atoms with E-state index < -0.39 is 0 Å². The van der Waals surface area contributed by atoms with Crippen molar-refractivity contribution in [3.8, 4) is 23.0 Å². The summed E-state index contributed by atoms with van der Waals surface area (Å²) in [5.41, 5.74) is 2.66. The standard InChI is InChI=1S/C19H14N4O/c1-13-6-7-15(12-21-13)24-19-16-4-2-3-5-17(16)22-18(23-19)14-8-10-20-11-9-14/h2-12H,1H3. The Labute approximate surface area is 139 Å². The molecule has 24 heavy (non-hydrogen) atoms. The Kier molecular flexibility index (Phi) is 3.59. The lowest BCUT2D eigenvalue weighted by Gasteiger charge is -2.10. The molecule has 0 amide bonds. The lowest BCUT2D eigenvalue weighted by Crippen LogP contribution is -1.96. The van der Waals surface area contributed by atoms with Crippen LogP contribution in [0.2, 0.25) is 0 Å². The second-order valence-corrected chi connectivity index (χ2v) is 5.34. The maximum atomic E-state index is 5.98. The minimum Gasteiger partial charge on any atom is -0.437 e. The van der Waals surface area contributed by atoms with Gasteiger partial charge in [-0.3, -0.25) is 9.97 Å². The van der Waals surface area contributed by atoms with E-state index in [0.29, 0.717) is 17.5 Å². The van der Waals surface area contributed by atoms with Gasteiger partial charge < -0.3 is 4.74 Å². The predicted octanol–water partition coefficient (Wildman–Crippen LogP) is 4.19. The Morgan fingerprint density at radius 2 is 1.71 bits per heavy atom. The molecule has 5 heteroatoms. The van der Waals surface area contributed by atoms with Crippen LogP contribution in [0.3, 0.4) is 0 Å². The van der Waals surface area contributed by atoms with E-state index in [4.69, 9.17) is 4.74 Å². The molecule has 0 spiro atoms. The largest absolute Gasteiger partial charge is 0.437 e. The van der Waals surface area contributed by atoms with E-state index in [9.17, 15) is 0 Å². The summed E-state index contributed by atoms with van der Waals surface area (Å²) in [5, 5.41) is 0.857. The van der Waals surface area contributed by atoms with Crippen molar-refractivity contribution in [2.45, 2.75) is 6.92 Å². The summed E-state index contributed by atoms with van der Waals surface area (Å²) in [6.07, 6.45) is 5.13. The summed E-state index contributed by atoms with van der Waals surface area (Å²) in [4.78, 5) is 17.5. The normalized spacial score (nSPS) is 10.7. The molecule has 4 rings (SSSR count). The molecule has 3 heterocycles. The maximum Gasteiger partial charge on any atom is 0.230 e. The van der Waals surface area contributed by atoms with Crippen molar-refractivity contribution >= 4 is 10.9 Å². The summed E-state index contributed by atoms with van der Waals surface area (Å²) in [7, 11) is 0. The van der Waals surface area contributed by atoms with Crippen LogP contribution in [-0.4, -0.2) is 19.9 Å². The average molecular weight is 314 g/mol. The zero-order chi connectivity index (χ0) is 16.4. The highest BCUT2D eigenvalue weighted by Crippen LogP contribution is 2.29. The number of fused-ring (bicyclic) bond motifs is 1. The SMILES string of the molecule is Cc1ccc(Oc2nc(-c3ccncc3)nc3ccccc23)cn1. The number of aromatic nitrogens is 4. The molecule has 5 nitrogen and oxygen atoms in total. The van der Waals surface area contributed by atoms with Gasteiger partial charge in [0.15, 0.2) is 5.82 Å². The first kappa shape index (κ1) is 14.3. The van der Waals surface area contributed by atoms with Crippen LogP contribution < -0.4 is 4.74 Å². The van der Waals surface area contributed by atoms with Crippen LogP contribution in [0.25, 0.3) is 22.3 Å². The van der Waals surface area contributed by atoms with Crippen molar-refractivity contribution in [1.29, 1.82) is 0 Å². The van der Waals surface area contributed by atoms with Gasteiger partial charge in [0, 0.05) is 23.7 Å². The minimum absolute atomic E-state index is 0.512. The molecule has 116 valence electrons. The Hall–Kier alpha value is -3.34. The van der Waals surface area contributed by atoms with Crippen LogP contribution in [0.4, 0.5) is 0 Å². The number of nitrogens with zero attached hydrogens (tertiary/aromatic N) is 4. The van der Waals surface area contributed by atoms with E-state index in [-0.39, 0.29) is 0 Å². The summed E-state index contributed by atoms with van der Waals surface area (Å²) < 4.78 is 5.98. The predicted molar refractivity (Wildman–Crippen MR) is 91.8 cm³/mol. The van der Waals surface area contributed by atoms with E-state index in [2.05, 4.69) is 19.9 Å². The molecule has 0 aliphatic rings. The second-order valence-electron chi connectivity index (χ2n) is 5.34. The molecule has 0 unspecified atom stereocenters. The second kappa shape index (κ2) is 6.04. The van der Waals surface area contributed by atoms with E-state index in [0.717, 1.165) is 22.2 Å². The Bertz CT molecular complexity index is 985. The molecule has 0 aliphatic heterocycles. The van der Waals surface area contributed by atoms with Crippen molar-refractivity contribution in [3.05, 3.63) is 72.8 Å². The number of ether oxygens (including phenoxy) is 1. The lowest BCUT2D eigenvalue weighted by molar-refractivity contribution is 0.466. The maximum absolute atomic E-state index is 5.98. The molecule has 0 radical (unpaired) electrons. The van der Waals surface area contributed by atoms with Crippen LogP contribution in [0.1, 0.15) is 5.69 Å². The average Bonchev–Trinajstić information content (AvgIpc) is 2.64. The number of para-hydroxylation sites is 1. The number of benzene rings is 1. The highest BCUT2D eigenvalue weighted by molar-refractivity contribution is 5.85. The number of pyridine rings is 2. The fourth-order valence-corrected chi connectivity index (χ4v) is 2.38. The van der Waals surface area contributed by atoms with Gasteiger partial charge in [-0.15, -0.1) is 0 Å². The van der Waals surface area contributed by atoms with E-state index in [1.54, 1.807) is 18.6 Å². The first-order valence-electron chi connectivity index (χ1n) is 7.57. The summed E-state index contributed by atoms with van der Waals surface area (Å²) >= 11 is 0. The zero-order valence-electron chi connectivity index (χ0n) is 13.0. The van der Waals surface area contributed by atoms with Gasteiger partial charge in [0.2, 0.25) is 5.88 Å². The quantitative estimate of drug-likeness (QED) is 0.567. The van der Waals surface area contributed by atoms with Crippen LogP contribution in [-0.2, 0) is 0 Å². The highest BCUT2D eigenvalue weighted by atomic mass is 16.5. The van der Waals surface area contributed by atoms with Crippen molar-refractivity contribution < 1.29 is 4.74 Å².